The van der Waals surface area contributed by atoms with Crippen LogP contribution in [0.25, 0.3) is 38.8 Å². The Kier molecular flexibility index (Phi) is 9.11. The lowest BCUT2D eigenvalue weighted by molar-refractivity contribution is -0.193. The number of para-hydroxylation sites is 1. The van der Waals surface area contributed by atoms with Crippen molar-refractivity contribution in [1.29, 1.82) is 0 Å². The molecule has 0 saturated heterocycles. The molecule has 3 heterocycles. The van der Waals surface area contributed by atoms with Gasteiger partial charge in [-0.1, -0.05) is 30.3 Å². The first-order valence-corrected chi connectivity index (χ1v) is 11.1. The van der Waals surface area contributed by atoms with E-state index in [2.05, 4.69) is 16.1 Å². The average Bonchev–Trinajstić information content (AvgIpc) is 3.35. The lowest BCUT2D eigenvalue weighted by atomic mass is 10.0. The van der Waals surface area contributed by atoms with Crippen molar-refractivity contribution in [1.82, 2.24) is 19.6 Å². The van der Waals surface area contributed by atoms with Gasteiger partial charge in [-0.25, -0.2) is 19.1 Å². The summed E-state index contributed by atoms with van der Waals surface area (Å²) in [7, 11) is 1.66. The predicted molar refractivity (Wildman–Crippen MR) is 133 cm³/mol. The number of fused-ring (bicyclic) bond motifs is 2. The fourth-order valence-corrected chi connectivity index (χ4v) is 3.33. The third kappa shape index (κ3) is 7.68. The highest BCUT2D eigenvalue weighted by Gasteiger charge is 2.38. The van der Waals surface area contributed by atoms with Crippen LogP contribution in [0.4, 0.5) is 26.3 Å². The number of hydrogen-bond acceptors (Lipinski definition) is 6. The number of rotatable bonds is 3. The molecule has 0 aliphatic heterocycles. The van der Waals surface area contributed by atoms with E-state index in [1.54, 1.807) is 7.11 Å². The highest BCUT2D eigenvalue weighted by atomic mass is 19.4. The number of carbonyl (C=O) groups is 2. The number of methoxy groups -OCH3 is 1. The molecular weight excluding hydrogens is 562 g/mol. The normalized spacial score (nSPS) is 11.2. The second-order valence-corrected chi connectivity index (χ2v) is 7.88. The number of benzene rings is 2. The van der Waals surface area contributed by atoms with Crippen LogP contribution in [0.5, 0.6) is 5.75 Å². The Hall–Kier alpha value is -5.21. The molecule has 15 heteroatoms. The van der Waals surface area contributed by atoms with E-state index < -0.39 is 24.3 Å². The number of aliphatic carboxylic acids is 2. The van der Waals surface area contributed by atoms with E-state index in [0.29, 0.717) is 0 Å². The summed E-state index contributed by atoms with van der Waals surface area (Å²) in [6.07, 6.45) is -2.60. The largest absolute Gasteiger partial charge is 0.497 e. The van der Waals surface area contributed by atoms with Crippen LogP contribution in [-0.4, -0.2) is 61.2 Å². The predicted octanol–water partition coefficient (Wildman–Crippen LogP) is 5.89. The summed E-state index contributed by atoms with van der Waals surface area (Å²) in [4.78, 5) is 26.9. The number of nitrogens with zero attached hydrogens (tertiary/aromatic N) is 4. The van der Waals surface area contributed by atoms with E-state index in [4.69, 9.17) is 29.5 Å². The van der Waals surface area contributed by atoms with Gasteiger partial charge in [-0.15, -0.1) is 0 Å². The van der Waals surface area contributed by atoms with Gasteiger partial charge < -0.3 is 14.9 Å². The maximum absolute atomic E-state index is 10.6. The van der Waals surface area contributed by atoms with Crippen LogP contribution in [0, 0.1) is 0 Å². The molecule has 41 heavy (non-hydrogen) atoms. The molecule has 0 bridgehead atoms. The third-order valence-electron chi connectivity index (χ3n) is 5.20. The van der Waals surface area contributed by atoms with Gasteiger partial charge in [0, 0.05) is 35.1 Å². The van der Waals surface area contributed by atoms with Crippen molar-refractivity contribution in [2.24, 2.45) is 0 Å². The number of carboxylic acid groups (broad SMARTS) is 2. The number of alkyl halides is 6. The molecule has 0 aliphatic rings. The highest BCUT2D eigenvalue weighted by molar-refractivity contribution is 5.97. The summed E-state index contributed by atoms with van der Waals surface area (Å²) < 4.78 is 70.5. The van der Waals surface area contributed by atoms with Crippen LogP contribution in [0.2, 0.25) is 0 Å². The molecule has 0 amide bonds. The van der Waals surface area contributed by atoms with Crippen LogP contribution in [0.1, 0.15) is 0 Å². The summed E-state index contributed by atoms with van der Waals surface area (Å²) in [5, 5.41) is 19.9. The van der Waals surface area contributed by atoms with E-state index in [9.17, 15) is 26.3 Å². The minimum absolute atomic E-state index is 0.823. The van der Waals surface area contributed by atoms with Gasteiger partial charge in [-0.2, -0.15) is 31.4 Å². The number of carboxylic acids is 2. The van der Waals surface area contributed by atoms with E-state index >= 15 is 0 Å². The molecule has 2 N–H and O–H groups in total. The molecule has 0 spiro atoms. The molecule has 2 aromatic carbocycles. The molecule has 0 saturated carbocycles. The first kappa shape index (κ1) is 30.3. The zero-order valence-electron chi connectivity index (χ0n) is 20.7. The zero-order chi connectivity index (χ0) is 30.4. The molecule has 0 atom stereocenters. The van der Waals surface area contributed by atoms with E-state index in [0.717, 1.165) is 44.6 Å². The summed E-state index contributed by atoms with van der Waals surface area (Å²) in [5.41, 5.74) is 5.93. The van der Waals surface area contributed by atoms with E-state index in [-0.39, 0.29) is 0 Å². The van der Waals surface area contributed by atoms with Gasteiger partial charge in [0.15, 0.2) is 5.65 Å². The monoisotopic (exact) mass is 580 g/mol. The van der Waals surface area contributed by atoms with E-state index in [1.165, 1.54) is 0 Å². The summed E-state index contributed by atoms with van der Waals surface area (Å²) in [6.45, 7) is 0. The number of pyridine rings is 1. The molecule has 3 aromatic heterocycles. The van der Waals surface area contributed by atoms with E-state index in [1.807, 2.05) is 77.8 Å². The van der Waals surface area contributed by atoms with Gasteiger partial charge >= 0.3 is 24.3 Å². The Morgan fingerprint density at radius 3 is 1.93 bits per heavy atom. The van der Waals surface area contributed by atoms with Crippen molar-refractivity contribution in [3.63, 3.8) is 0 Å². The van der Waals surface area contributed by atoms with Gasteiger partial charge in [-0.3, -0.25) is 4.98 Å². The first-order chi connectivity index (χ1) is 19.2. The van der Waals surface area contributed by atoms with Crippen molar-refractivity contribution in [3.05, 3.63) is 79.4 Å². The van der Waals surface area contributed by atoms with Crippen LogP contribution < -0.4 is 4.74 Å². The van der Waals surface area contributed by atoms with Gasteiger partial charge in [-0.05, 0) is 35.4 Å². The van der Waals surface area contributed by atoms with Crippen LogP contribution >= 0.6 is 0 Å². The maximum Gasteiger partial charge on any atom is 0.490 e. The molecule has 5 aromatic rings. The number of aromatic nitrogens is 4. The van der Waals surface area contributed by atoms with Crippen LogP contribution in [0.3, 0.4) is 0 Å². The second-order valence-electron chi connectivity index (χ2n) is 7.88. The van der Waals surface area contributed by atoms with Crippen molar-refractivity contribution >= 4 is 28.5 Å². The van der Waals surface area contributed by atoms with Gasteiger partial charge in [0.05, 0.1) is 18.8 Å². The average molecular weight is 580 g/mol. The Labute approximate surface area is 226 Å². The van der Waals surface area contributed by atoms with Gasteiger partial charge in [0.2, 0.25) is 0 Å². The molecule has 5 rings (SSSR count). The topological polar surface area (TPSA) is 127 Å². The molecule has 214 valence electrons. The van der Waals surface area contributed by atoms with Crippen molar-refractivity contribution in [2.45, 2.75) is 12.4 Å². The second kappa shape index (κ2) is 12.3. The van der Waals surface area contributed by atoms with Crippen molar-refractivity contribution < 1.29 is 50.9 Å². The smallest absolute Gasteiger partial charge is 0.490 e. The van der Waals surface area contributed by atoms with Crippen molar-refractivity contribution in [2.75, 3.05) is 7.11 Å². The summed E-state index contributed by atoms with van der Waals surface area (Å²) in [5.74, 6) is -4.68. The van der Waals surface area contributed by atoms with Crippen molar-refractivity contribution in [3.8, 4) is 28.0 Å². The van der Waals surface area contributed by atoms with Crippen LogP contribution in [-0.2, 0) is 9.59 Å². The summed E-state index contributed by atoms with van der Waals surface area (Å²) in [6, 6.07) is 18.0. The minimum atomic E-state index is -5.08. The van der Waals surface area contributed by atoms with Crippen LogP contribution in [0.15, 0.2) is 79.4 Å². The minimum Gasteiger partial charge on any atom is -0.497 e. The lowest BCUT2D eigenvalue weighted by Gasteiger charge is -2.06. The molecule has 0 radical (unpaired) electrons. The Morgan fingerprint density at radius 2 is 1.37 bits per heavy atom. The van der Waals surface area contributed by atoms with Gasteiger partial charge in [0.25, 0.3) is 0 Å². The number of hydrogen-bond donors (Lipinski definition) is 2. The highest BCUT2D eigenvalue weighted by Crippen LogP contribution is 2.30. The Bertz CT molecular complexity index is 1640. The summed E-state index contributed by atoms with van der Waals surface area (Å²) >= 11 is 0. The van der Waals surface area contributed by atoms with Gasteiger partial charge in [0.1, 0.15) is 5.75 Å². The third-order valence-corrected chi connectivity index (χ3v) is 5.20. The fourth-order valence-electron chi connectivity index (χ4n) is 3.33. The lowest BCUT2D eigenvalue weighted by Crippen LogP contribution is -2.21. The molecule has 9 nitrogen and oxygen atoms in total. The zero-order valence-corrected chi connectivity index (χ0v) is 20.7. The molecule has 0 fully saturated rings. The Morgan fingerprint density at radius 1 is 0.780 bits per heavy atom. The number of halogens is 6. The molecule has 0 unspecified atom stereocenters. The molecule has 0 aliphatic carbocycles. The Balaban J connectivity index is 0.000000276. The maximum atomic E-state index is 10.6. The standard InChI is InChI=1S/C22H16N4O.2C2HF3O2/c1-27-17-8-6-15(7-9-17)16-12-24-22-20(13-25-26(22)14-16)18-10-11-23-21-5-3-2-4-19(18)21;2*3-2(4,5)1(6)7/h2-14H,1H3;2*(H,6,7). The quantitative estimate of drug-likeness (QED) is 0.253. The number of ether oxygens (including phenoxy) is 1. The molecular formula is C26H18F6N4O5. The SMILES string of the molecule is COc1ccc(-c2cnc3c(-c4ccnc5ccccc45)cnn3c2)cc1.O=C(O)C(F)(F)F.O=C(O)C(F)(F)F. The first-order valence-electron chi connectivity index (χ1n) is 11.1. The fraction of sp³-hybridized carbons (Fsp3) is 0.115.